The number of aromatic nitrogens is 2. The normalized spacial score (nSPS) is 15.8. The molecule has 0 spiro atoms. The number of nitrogens with zero attached hydrogens (tertiary/aromatic N) is 2. The van der Waals surface area contributed by atoms with Gasteiger partial charge in [-0.25, -0.2) is 4.39 Å². The zero-order valence-corrected chi connectivity index (χ0v) is 12.1. The average Bonchev–Trinajstić information content (AvgIpc) is 3.08. The minimum Gasteiger partial charge on any atom is -0.398 e. The van der Waals surface area contributed by atoms with E-state index in [1.807, 2.05) is 0 Å². The monoisotopic (exact) mass is 291 g/mol. The molecule has 0 bridgehead atoms. The van der Waals surface area contributed by atoms with E-state index in [0.29, 0.717) is 11.7 Å². The van der Waals surface area contributed by atoms with Crippen molar-refractivity contribution in [3.05, 3.63) is 42.0 Å². The molecule has 2 N–H and O–H groups in total. The largest absolute Gasteiger partial charge is 0.398 e. The van der Waals surface area contributed by atoms with Gasteiger partial charge in [-0.1, -0.05) is 12.8 Å². The standard InChI is InChI=1S/C15H18FN3S/c16-11-5-6-15(14(17)9-11)20-10-12-7-8-19(18-12)13-3-1-2-4-13/h5-9,13H,1-4,10,17H2. The molecule has 1 fully saturated rings. The first-order valence-corrected chi connectivity index (χ1v) is 7.93. The Morgan fingerprint density at radius 1 is 1.30 bits per heavy atom. The minimum atomic E-state index is -0.294. The number of thioether (sulfide) groups is 1. The molecule has 2 aromatic rings. The van der Waals surface area contributed by atoms with Gasteiger partial charge >= 0.3 is 0 Å². The summed E-state index contributed by atoms with van der Waals surface area (Å²) in [6, 6.07) is 7.16. The van der Waals surface area contributed by atoms with Crippen LogP contribution in [0.3, 0.4) is 0 Å². The number of halogens is 1. The van der Waals surface area contributed by atoms with Gasteiger partial charge in [0.25, 0.3) is 0 Å². The van der Waals surface area contributed by atoms with Gasteiger partial charge in [-0.15, -0.1) is 11.8 Å². The molecular formula is C15H18FN3S. The lowest BCUT2D eigenvalue weighted by Crippen LogP contribution is -2.05. The molecule has 0 aliphatic heterocycles. The summed E-state index contributed by atoms with van der Waals surface area (Å²) in [4.78, 5) is 0.904. The maximum absolute atomic E-state index is 13.0. The van der Waals surface area contributed by atoms with E-state index in [0.717, 1.165) is 16.3 Å². The predicted molar refractivity (Wildman–Crippen MR) is 80.1 cm³/mol. The second kappa shape index (κ2) is 5.87. The van der Waals surface area contributed by atoms with Crippen LogP contribution in [-0.4, -0.2) is 9.78 Å². The van der Waals surface area contributed by atoms with Gasteiger partial charge in [-0.2, -0.15) is 5.10 Å². The van der Waals surface area contributed by atoms with Crippen molar-refractivity contribution in [1.29, 1.82) is 0 Å². The average molecular weight is 291 g/mol. The van der Waals surface area contributed by atoms with Crippen molar-refractivity contribution in [3.63, 3.8) is 0 Å². The van der Waals surface area contributed by atoms with Crippen molar-refractivity contribution >= 4 is 17.4 Å². The number of hydrogen-bond donors (Lipinski definition) is 1. The van der Waals surface area contributed by atoms with Gasteiger partial charge in [-0.3, -0.25) is 4.68 Å². The quantitative estimate of drug-likeness (QED) is 0.683. The molecule has 106 valence electrons. The Morgan fingerprint density at radius 3 is 2.85 bits per heavy atom. The third-order valence-corrected chi connectivity index (χ3v) is 4.83. The fraction of sp³-hybridized carbons (Fsp3) is 0.400. The summed E-state index contributed by atoms with van der Waals surface area (Å²) in [5.41, 5.74) is 7.34. The van der Waals surface area contributed by atoms with Crippen LogP contribution in [0.5, 0.6) is 0 Å². The van der Waals surface area contributed by atoms with E-state index >= 15 is 0 Å². The first kappa shape index (κ1) is 13.5. The summed E-state index contributed by atoms with van der Waals surface area (Å²) < 4.78 is 15.1. The number of anilines is 1. The van der Waals surface area contributed by atoms with Gasteiger partial charge < -0.3 is 5.73 Å². The van der Waals surface area contributed by atoms with Crippen molar-refractivity contribution in [2.75, 3.05) is 5.73 Å². The Bertz CT molecular complexity index is 591. The molecular weight excluding hydrogens is 273 g/mol. The third-order valence-electron chi connectivity index (χ3n) is 3.71. The first-order valence-electron chi connectivity index (χ1n) is 6.94. The highest BCUT2D eigenvalue weighted by Crippen LogP contribution is 2.31. The molecule has 1 aromatic heterocycles. The molecule has 1 saturated carbocycles. The van der Waals surface area contributed by atoms with Crippen molar-refractivity contribution in [3.8, 4) is 0 Å². The summed E-state index contributed by atoms with van der Waals surface area (Å²) in [7, 11) is 0. The van der Waals surface area contributed by atoms with E-state index in [4.69, 9.17) is 5.73 Å². The molecule has 1 aliphatic rings. The van der Waals surface area contributed by atoms with Gasteiger partial charge in [0.05, 0.1) is 11.7 Å². The van der Waals surface area contributed by atoms with Gasteiger partial charge in [0.1, 0.15) is 5.82 Å². The van der Waals surface area contributed by atoms with Gasteiger partial charge in [0.15, 0.2) is 0 Å². The predicted octanol–water partition coefficient (Wildman–Crippen LogP) is 4.01. The van der Waals surface area contributed by atoms with Crippen LogP contribution in [-0.2, 0) is 5.75 Å². The van der Waals surface area contributed by atoms with Crippen molar-refractivity contribution < 1.29 is 4.39 Å². The molecule has 0 atom stereocenters. The zero-order valence-electron chi connectivity index (χ0n) is 11.3. The topological polar surface area (TPSA) is 43.8 Å². The Hall–Kier alpha value is -1.49. The molecule has 1 heterocycles. The number of nitrogens with two attached hydrogens (primary N) is 1. The molecule has 1 aliphatic carbocycles. The Morgan fingerprint density at radius 2 is 2.10 bits per heavy atom. The van der Waals surface area contributed by atoms with Crippen LogP contribution < -0.4 is 5.73 Å². The zero-order chi connectivity index (χ0) is 13.9. The number of rotatable bonds is 4. The number of hydrogen-bond acceptors (Lipinski definition) is 3. The van der Waals surface area contributed by atoms with Crippen LogP contribution in [0.25, 0.3) is 0 Å². The van der Waals surface area contributed by atoms with Crippen LogP contribution in [0.1, 0.15) is 37.4 Å². The highest BCUT2D eigenvalue weighted by Gasteiger charge is 2.17. The molecule has 3 nitrogen and oxygen atoms in total. The highest BCUT2D eigenvalue weighted by molar-refractivity contribution is 7.98. The summed E-state index contributed by atoms with van der Waals surface area (Å²) >= 11 is 1.60. The fourth-order valence-corrected chi connectivity index (χ4v) is 3.48. The van der Waals surface area contributed by atoms with Gasteiger partial charge in [0.2, 0.25) is 0 Å². The van der Waals surface area contributed by atoms with Crippen molar-refractivity contribution in [1.82, 2.24) is 9.78 Å². The lowest BCUT2D eigenvalue weighted by Gasteiger charge is -2.09. The molecule has 1 aromatic carbocycles. The summed E-state index contributed by atoms with van der Waals surface area (Å²) in [6.07, 6.45) is 7.15. The Balaban J connectivity index is 1.63. The van der Waals surface area contributed by atoms with E-state index in [1.54, 1.807) is 17.8 Å². The maximum Gasteiger partial charge on any atom is 0.125 e. The molecule has 5 heteroatoms. The Kier molecular flexibility index (Phi) is 3.96. The Labute approximate surface area is 122 Å². The highest BCUT2D eigenvalue weighted by atomic mass is 32.2. The fourth-order valence-electron chi connectivity index (χ4n) is 2.63. The molecule has 20 heavy (non-hydrogen) atoms. The molecule has 0 radical (unpaired) electrons. The smallest absolute Gasteiger partial charge is 0.125 e. The summed E-state index contributed by atoms with van der Waals surface area (Å²) in [5, 5.41) is 4.64. The lowest BCUT2D eigenvalue weighted by molar-refractivity contribution is 0.464. The van der Waals surface area contributed by atoms with Crippen molar-refractivity contribution in [2.45, 2.75) is 42.4 Å². The molecule has 0 amide bonds. The van der Waals surface area contributed by atoms with Gasteiger partial charge in [-0.05, 0) is 37.1 Å². The van der Waals surface area contributed by atoms with Crippen LogP contribution in [0.15, 0.2) is 35.4 Å². The third kappa shape index (κ3) is 2.98. The summed E-state index contributed by atoms with van der Waals surface area (Å²) in [6.45, 7) is 0. The van der Waals surface area contributed by atoms with Crippen LogP contribution >= 0.6 is 11.8 Å². The SMILES string of the molecule is Nc1cc(F)ccc1SCc1ccn(C2CCCC2)n1. The van der Waals surface area contributed by atoms with Crippen LogP contribution in [0.4, 0.5) is 10.1 Å². The molecule has 3 rings (SSSR count). The number of benzene rings is 1. The van der Waals surface area contributed by atoms with Crippen LogP contribution in [0, 0.1) is 5.82 Å². The molecule has 0 saturated heterocycles. The van der Waals surface area contributed by atoms with Crippen molar-refractivity contribution in [2.24, 2.45) is 0 Å². The summed E-state index contributed by atoms with van der Waals surface area (Å²) in [5.74, 6) is 0.465. The first-order chi connectivity index (χ1) is 9.72. The van der Waals surface area contributed by atoms with E-state index in [-0.39, 0.29) is 5.82 Å². The van der Waals surface area contributed by atoms with E-state index in [1.165, 1.54) is 37.8 Å². The van der Waals surface area contributed by atoms with Crippen LogP contribution in [0.2, 0.25) is 0 Å². The van der Waals surface area contributed by atoms with E-state index < -0.39 is 0 Å². The number of nitrogen functional groups attached to an aromatic ring is 1. The maximum atomic E-state index is 13.0. The van der Waals surface area contributed by atoms with Gasteiger partial charge in [0, 0.05) is 22.5 Å². The van der Waals surface area contributed by atoms with E-state index in [2.05, 4.69) is 22.0 Å². The lowest BCUT2D eigenvalue weighted by atomic mass is 10.3. The molecule has 0 unspecified atom stereocenters. The minimum absolute atomic E-state index is 0.294. The van der Waals surface area contributed by atoms with E-state index in [9.17, 15) is 4.39 Å². The second-order valence-corrected chi connectivity index (χ2v) is 6.21. The second-order valence-electron chi connectivity index (χ2n) is 5.20.